The molecule has 108 valence electrons. The highest BCUT2D eigenvalue weighted by Gasteiger charge is 2.13. The Bertz CT molecular complexity index is 773. The summed E-state index contributed by atoms with van der Waals surface area (Å²) in [6.07, 6.45) is 0.599. The van der Waals surface area contributed by atoms with Gasteiger partial charge in [-0.1, -0.05) is 11.8 Å². The maximum atomic E-state index is 11.9. The number of rotatable bonds is 5. The zero-order valence-electron chi connectivity index (χ0n) is 11.0. The molecule has 0 bridgehead atoms. The van der Waals surface area contributed by atoms with Crippen LogP contribution < -0.4 is 11.2 Å². The van der Waals surface area contributed by atoms with Crippen LogP contribution >= 0.6 is 11.8 Å². The molecule has 0 fully saturated rings. The summed E-state index contributed by atoms with van der Waals surface area (Å²) < 4.78 is 2.31. The number of nitrogens with one attached hydrogen (secondary N) is 1. The van der Waals surface area contributed by atoms with E-state index in [1.165, 1.54) is 23.4 Å². The third kappa shape index (κ3) is 2.62. The first-order valence-electron chi connectivity index (χ1n) is 5.92. The van der Waals surface area contributed by atoms with E-state index in [9.17, 15) is 14.4 Å². The van der Waals surface area contributed by atoms with E-state index in [0.29, 0.717) is 23.0 Å². The minimum atomic E-state index is -0.841. The number of aromatic amines is 1. The topological polar surface area (TPSA) is 110 Å². The van der Waals surface area contributed by atoms with E-state index in [1.807, 2.05) is 0 Å². The smallest absolute Gasteiger partial charge is 0.332 e. The lowest BCUT2D eigenvalue weighted by molar-refractivity contribution is -0.137. The van der Waals surface area contributed by atoms with Gasteiger partial charge in [0, 0.05) is 26.3 Å². The molecule has 0 aliphatic heterocycles. The molecule has 9 heteroatoms. The molecule has 0 aliphatic carbocycles. The summed E-state index contributed by atoms with van der Waals surface area (Å²) in [6, 6.07) is 0. The van der Waals surface area contributed by atoms with Gasteiger partial charge in [0.05, 0.1) is 0 Å². The monoisotopic (exact) mass is 298 g/mol. The maximum Gasteiger partial charge on any atom is 0.332 e. The van der Waals surface area contributed by atoms with Gasteiger partial charge >= 0.3 is 11.7 Å². The van der Waals surface area contributed by atoms with Crippen molar-refractivity contribution in [3.8, 4) is 0 Å². The predicted molar refractivity (Wildman–Crippen MR) is 74.2 cm³/mol. The highest BCUT2D eigenvalue weighted by atomic mass is 32.2. The fraction of sp³-hybridized carbons (Fsp3) is 0.455. The largest absolute Gasteiger partial charge is 0.481 e. The van der Waals surface area contributed by atoms with E-state index in [-0.39, 0.29) is 11.9 Å². The van der Waals surface area contributed by atoms with Crippen LogP contribution in [-0.4, -0.2) is 35.9 Å². The molecule has 0 amide bonds. The molecule has 20 heavy (non-hydrogen) atoms. The summed E-state index contributed by atoms with van der Waals surface area (Å²) >= 11 is 1.32. The van der Waals surface area contributed by atoms with Crippen LogP contribution in [0.2, 0.25) is 0 Å². The van der Waals surface area contributed by atoms with Crippen LogP contribution in [0.5, 0.6) is 0 Å². The molecule has 2 aromatic heterocycles. The van der Waals surface area contributed by atoms with Gasteiger partial charge in [-0.2, -0.15) is 0 Å². The molecular formula is C11H14N4O4S. The molecule has 2 rings (SSSR count). The molecule has 8 nitrogen and oxygen atoms in total. The van der Waals surface area contributed by atoms with Gasteiger partial charge in [-0.05, 0) is 6.42 Å². The predicted octanol–water partition coefficient (Wildman–Crippen LogP) is -0.0828. The molecule has 0 aliphatic rings. The van der Waals surface area contributed by atoms with Gasteiger partial charge in [-0.25, -0.2) is 9.78 Å². The number of aromatic nitrogens is 4. The van der Waals surface area contributed by atoms with Crippen LogP contribution in [0.15, 0.2) is 14.7 Å². The molecule has 2 aromatic rings. The van der Waals surface area contributed by atoms with Gasteiger partial charge in [0.2, 0.25) is 0 Å². The van der Waals surface area contributed by atoms with Crippen molar-refractivity contribution in [1.82, 2.24) is 19.1 Å². The minimum absolute atomic E-state index is 0.0908. The number of carboxylic acids is 1. The first-order chi connectivity index (χ1) is 9.41. The highest BCUT2D eigenvalue weighted by Crippen LogP contribution is 2.17. The Morgan fingerprint density at radius 2 is 2.05 bits per heavy atom. The lowest BCUT2D eigenvalue weighted by atomic mass is 10.3. The number of aliphatic carboxylic acids is 1. The molecular weight excluding hydrogens is 284 g/mol. The van der Waals surface area contributed by atoms with Crippen LogP contribution in [-0.2, 0) is 18.9 Å². The van der Waals surface area contributed by atoms with Gasteiger partial charge in [-0.3, -0.25) is 18.7 Å². The Labute approximate surface area is 117 Å². The number of fused-ring (bicyclic) bond motifs is 1. The van der Waals surface area contributed by atoms with Crippen LogP contribution in [0.4, 0.5) is 0 Å². The SMILES string of the molecule is Cn1c(=O)c2[nH]c(SCCCC(=O)O)nc2n(C)c1=O. The minimum Gasteiger partial charge on any atom is -0.481 e. The van der Waals surface area contributed by atoms with Crippen molar-refractivity contribution in [2.45, 2.75) is 18.0 Å². The van der Waals surface area contributed by atoms with E-state index < -0.39 is 17.2 Å². The maximum absolute atomic E-state index is 11.9. The van der Waals surface area contributed by atoms with Crippen molar-refractivity contribution < 1.29 is 9.90 Å². The molecule has 0 aromatic carbocycles. The summed E-state index contributed by atoms with van der Waals surface area (Å²) in [6.45, 7) is 0. The second-order valence-corrected chi connectivity index (χ2v) is 5.38. The Morgan fingerprint density at radius 3 is 2.70 bits per heavy atom. The van der Waals surface area contributed by atoms with Crippen LogP contribution in [0.1, 0.15) is 12.8 Å². The number of thioether (sulfide) groups is 1. The third-order valence-corrected chi connectivity index (χ3v) is 3.81. The Hall–Kier alpha value is -2.03. The van der Waals surface area contributed by atoms with Gasteiger partial charge in [0.25, 0.3) is 5.56 Å². The number of nitrogens with zero attached hydrogens (tertiary/aromatic N) is 3. The number of imidazole rings is 1. The van der Waals surface area contributed by atoms with Gasteiger partial charge in [-0.15, -0.1) is 0 Å². The first kappa shape index (κ1) is 14.4. The number of hydrogen-bond donors (Lipinski definition) is 2. The zero-order chi connectivity index (χ0) is 14.9. The van der Waals surface area contributed by atoms with Crippen molar-refractivity contribution >= 4 is 28.9 Å². The number of carbonyl (C=O) groups is 1. The molecule has 0 spiro atoms. The average molecular weight is 298 g/mol. The van der Waals surface area contributed by atoms with E-state index >= 15 is 0 Å². The van der Waals surface area contributed by atoms with E-state index in [4.69, 9.17) is 5.11 Å². The van der Waals surface area contributed by atoms with Gasteiger partial charge in [0.1, 0.15) is 0 Å². The number of aryl methyl sites for hydroxylation is 1. The van der Waals surface area contributed by atoms with Gasteiger partial charge < -0.3 is 10.1 Å². The Morgan fingerprint density at radius 1 is 1.35 bits per heavy atom. The van der Waals surface area contributed by atoms with Gasteiger partial charge in [0.15, 0.2) is 16.3 Å². The highest BCUT2D eigenvalue weighted by molar-refractivity contribution is 7.99. The number of carboxylic acid groups (broad SMARTS) is 1. The van der Waals surface area contributed by atoms with Crippen molar-refractivity contribution in [3.05, 3.63) is 20.8 Å². The standard InChI is InChI=1S/C11H14N4O4S/c1-14-8-7(9(18)15(2)11(14)19)12-10(13-8)20-5-3-4-6(16)17/h3-5H2,1-2H3,(H,12,13)(H,16,17). The van der Waals surface area contributed by atoms with E-state index in [1.54, 1.807) is 7.05 Å². The average Bonchev–Trinajstić information content (AvgIpc) is 2.83. The van der Waals surface area contributed by atoms with Crippen molar-refractivity contribution in [3.63, 3.8) is 0 Å². The van der Waals surface area contributed by atoms with Crippen LogP contribution in [0, 0.1) is 0 Å². The third-order valence-electron chi connectivity index (χ3n) is 2.85. The van der Waals surface area contributed by atoms with E-state index in [2.05, 4.69) is 9.97 Å². The second-order valence-electron chi connectivity index (χ2n) is 4.29. The van der Waals surface area contributed by atoms with E-state index in [0.717, 1.165) is 4.57 Å². The summed E-state index contributed by atoms with van der Waals surface area (Å²) in [5, 5.41) is 9.05. The van der Waals surface area contributed by atoms with Crippen molar-refractivity contribution in [1.29, 1.82) is 0 Å². The zero-order valence-corrected chi connectivity index (χ0v) is 11.9. The fourth-order valence-electron chi connectivity index (χ4n) is 1.77. The fourth-order valence-corrected chi connectivity index (χ4v) is 2.57. The Balaban J connectivity index is 2.28. The Kier molecular flexibility index (Phi) is 3.98. The summed E-state index contributed by atoms with van der Waals surface area (Å²) in [7, 11) is 2.95. The van der Waals surface area contributed by atoms with Crippen molar-refractivity contribution in [2.75, 3.05) is 5.75 Å². The molecule has 0 unspecified atom stereocenters. The molecule has 2 N–H and O–H groups in total. The molecule has 2 heterocycles. The summed E-state index contributed by atoms with van der Waals surface area (Å²) in [5.41, 5.74) is -0.279. The summed E-state index contributed by atoms with van der Waals surface area (Å²) in [5.74, 6) is -0.271. The lowest BCUT2D eigenvalue weighted by Gasteiger charge is -2.00. The quantitative estimate of drug-likeness (QED) is 0.590. The van der Waals surface area contributed by atoms with Crippen LogP contribution in [0.25, 0.3) is 11.2 Å². The van der Waals surface area contributed by atoms with Crippen molar-refractivity contribution in [2.24, 2.45) is 14.1 Å². The normalized spacial score (nSPS) is 11.1. The molecule has 0 saturated heterocycles. The molecule has 0 saturated carbocycles. The summed E-state index contributed by atoms with van der Waals surface area (Å²) in [4.78, 5) is 41.1. The number of hydrogen-bond acceptors (Lipinski definition) is 5. The number of H-pyrrole nitrogens is 1. The first-order valence-corrected chi connectivity index (χ1v) is 6.90. The molecule has 0 atom stereocenters. The van der Waals surface area contributed by atoms with Crippen LogP contribution in [0.3, 0.4) is 0 Å². The molecule has 0 radical (unpaired) electrons. The lowest BCUT2D eigenvalue weighted by Crippen LogP contribution is -2.36. The second kappa shape index (κ2) is 5.53.